The fraction of sp³-hybridized carbons (Fsp3) is 0.615. The summed E-state index contributed by atoms with van der Waals surface area (Å²) in [6.45, 7) is 6.19. The van der Waals surface area contributed by atoms with Gasteiger partial charge in [0, 0.05) is 24.0 Å². The van der Waals surface area contributed by atoms with Crippen LogP contribution in [0.5, 0.6) is 0 Å². The van der Waals surface area contributed by atoms with Crippen molar-refractivity contribution in [2.45, 2.75) is 39.5 Å². The highest BCUT2D eigenvalue weighted by atomic mass is 32.1. The highest BCUT2D eigenvalue weighted by molar-refractivity contribution is 7.09. The van der Waals surface area contributed by atoms with Gasteiger partial charge in [0.05, 0.1) is 5.01 Å². The maximum Gasteiger partial charge on any atom is 0.233 e. The summed E-state index contributed by atoms with van der Waals surface area (Å²) in [5.41, 5.74) is 4.76. The van der Waals surface area contributed by atoms with E-state index in [2.05, 4.69) is 15.5 Å². The molecule has 1 aromatic rings. The van der Waals surface area contributed by atoms with Crippen LogP contribution >= 0.6 is 11.3 Å². The Hall–Kier alpha value is -1.63. The molecule has 1 amide bonds. The molecule has 4 N–H and O–H groups in total. The summed E-state index contributed by atoms with van der Waals surface area (Å²) in [5.74, 6) is -0.110. The minimum Gasteiger partial charge on any atom is -0.409 e. The number of rotatable bonds is 7. The molecule has 1 heterocycles. The Bertz CT molecular complexity index is 455. The summed E-state index contributed by atoms with van der Waals surface area (Å²) in [6.07, 6.45) is 2.71. The lowest BCUT2D eigenvalue weighted by Gasteiger charge is -2.29. The third-order valence-corrected chi connectivity index (χ3v) is 4.69. The molecular formula is C13H22N4O2S. The molecule has 1 rings (SSSR count). The number of nitrogens with two attached hydrogens (primary N) is 1. The summed E-state index contributed by atoms with van der Waals surface area (Å²) in [5, 5.41) is 17.7. The van der Waals surface area contributed by atoms with Crippen molar-refractivity contribution >= 4 is 23.1 Å². The van der Waals surface area contributed by atoms with E-state index in [0.717, 1.165) is 5.01 Å². The number of amides is 1. The molecule has 0 aromatic carbocycles. The van der Waals surface area contributed by atoms with E-state index in [1.54, 1.807) is 17.5 Å². The third kappa shape index (κ3) is 3.27. The van der Waals surface area contributed by atoms with Gasteiger partial charge in [-0.3, -0.25) is 4.79 Å². The highest BCUT2D eigenvalue weighted by Gasteiger charge is 2.39. The van der Waals surface area contributed by atoms with E-state index in [1.165, 1.54) is 0 Å². The topological polar surface area (TPSA) is 101 Å². The summed E-state index contributed by atoms with van der Waals surface area (Å²) < 4.78 is 0. The summed E-state index contributed by atoms with van der Waals surface area (Å²) >= 11 is 1.56. The Balaban J connectivity index is 2.73. The standard InChI is InChI=1S/C13H22N4O2S/c1-4-13(5-2,11(14)17-19)12(18)16-8-9(3)10-15-6-7-20-10/h6-7,9,19H,4-5,8H2,1-3H3,(H2,14,17)(H,16,18). The number of nitrogens with one attached hydrogen (secondary N) is 1. The Kier molecular flexibility index (Phi) is 5.94. The first-order valence-corrected chi connectivity index (χ1v) is 7.55. The number of hydrogen-bond donors (Lipinski definition) is 3. The summed E-state index contributed by atoms with van der Waals surface area (Å²) in [6, 6.07) is 0. The van der Waals surface area contributed by atoms with Crippen LogP contribution in [-0.2, 0) is 4.79 Å². The predicted octanol–water partition coefficient (Wildman–Crippen LogP) is 1.92. The zero-order valence-electron chi connectivity index (χ0n) is 12.1. The van der Waals surface area contributed by atoms with Crippen LogP contribution in [0.3, 0.4) is 0 Å². The molecule has 0 aliphatic heterocycles. The molecule has 0 aliphatic rings. The first kappa shape index (κ1) is 16.4. The molecule has 0 spiro atoms. The second kappa shape index (κ2) is 7.23. The molecule has 1 unspecified atom stereocenters. The first-order chi connectivity index (χ1) is 9.51. The number of thiazole rings is 1. The molecule has 1 atom stereocenters. The van der Waals surface area contributed by atoms with Gasteiger partial charge in [-0.2, -0.15) is 0 Å². The van der Waals surface area contributed by atoms with Gasteiger partial charge in [-0.1, -0.05) is 25.9 Å². The van der Waals surface area contributed by atoms with E-state index in [4.69, 9.17) is 10.9 Å². The van der Waals surface area contributed by atoms with Crippen LogP contribution in [0.1, 0.15) is 44.5 Å². The van der Waals surface area contributed by atoms with Crippen LogP contribution in [0, 0.1) is 5.41 Å². The molecule has 0 bridgehead atoms. The molecule has 7 heteroatoms. The van der Waals surface area contributed by atoms with Gasteiger partial charge < -0.3 is 16.3 Å². The Labute approximate surface area is 123 Å². The molecule has 20 heavy (non-hydrogen) atoms. The molecule has 1 aromatic heterocycles. The van der Waals surface area contributed by atoms with Crippen LogP contribution in [0.15, 0.2) is 16.7 Å². The number of carbonyl (C=O) groups excluding carboxylic acids is 1. The number of nitrogens with zero attached hydrogens (tertiary/aromatic N) is 2. The quantitative estimate of drug-likeness (QED) is 0.310. The van der Waals surface area contributed by atoms with Crippen LogP contribution < -0.4 is 11.1 Å². The molecule has 0 fully saturated rings. The van der Waals surface area contributed by atoms with Gasteiger partial charge in [-0.25, -0.2) is 4.98 Å². The van der Waals surface area contributed by atoms with E-state index in [-0.39, 0.29) is 17.7 Å². The average molecular weight is 298 g/mol. The number of carbonyl (C=O) groups is 1. The molecular weight excluding hydrogens is 276 g/mol. The maximum atomic E-state index is 12.4. The van der Waals surface area contributed by atoms with Gasteiger partial charge in [0.15, 0.2) is 5.84 Å². The van der Waals surface area contributed by atoms with Crippen LogP contribution in [0.2, 0.25) is 0 Å². The Morgan fingerprint density at radius 1 is 1.60 bits per heavy atom. The van der Waals surface area contributed by atoms with Crippen molar-refractivity contribution in [1.29, 1.82) is 0 Å². The van der Waals surface area contributed by atoms with Crippen molar-refractivity contribution in [2.24, 2.45) is 16.3 Å². The molecule has 6 nitrogen and oxygen atoms in total. The number of amidine groups is 1. The lowest BCUT2D eigenvalue weighted by atomic mass is 9.80. The fourth-order valence-electron chi connectivity index (χ4n) is 2.13. The average Bonchev–Trinajstić information content (AvgIpc) is 3.00. The van der Waals surface area contributed by atoms with Gasteiger partial charge in [0.25, 0.3) is 0 Å². The predicted molar refractivity (Wildman–Crippen MR) is 80.0 cm³/mol. The van der Waals surface area contributed by atoms with Crippen molar-refractivity contribution < 1.29 is 10.0 Å². The summed E-state index contributed by atoms with van der Waals surface area (Å²) in [4.78, 5) is 16.6. The van der Waals surface area contributed by atoms with Crippen molar-refractivity contribution in [3.05, 3.63) is 16.6 Å². The van der Waals surface area contributed by atoms with Gasteiger partial charge in [-0.05, 0) is 12.8 Å². The van der Waals surface area contributed by atoms with Gasteiger partial charge in [0.2, 0.25) is 5.91 Å². The third-order valence-electron chi connectivity index (χ3n) is 3.68. The van der Waals surface area contributed by atoms with E-state index >= 15 is 0 Å². The van der Waals surface area contributed by atoms with E-state index < -0.39 is 5.41 Å². The first-order valence-electron chi connectivity index (χ1n) is 6.67. The number of hydrogen-bond acceptors (Lipinski definition) is 5. The summed E-state index contributed by atoms with van der Waals surface area (Å²) in [7, 11) is 0. The number of aromatic nitrogens is 1. The van der Waals surface area contributed by atoms with E-state index in [9.17, 15) is 4.79 Å². The zero-order chi connectivity index (χ0) is 15.2. The van der Waals surface area contributed by atoms with Crippen molar-refractivity contribution in [2.75, 3.05) is 6.54 Å². The van der Waals surface area contributed by atoms with Gasteiger partial charge in [0.1, 0.15) is 5.41 Å². The maximum absolute atomic E-state index is 12.4. The lowest BCUT2D eigenvalue weighted by molar-refractivity contribution is -0.128. The highest BCUT2D eigenvalue weighted by Crippen LogP contribution is 2.27. The van der Waals surface area contributed by atoms with Gasteiger partial charge in [-0.15, -0.1) is 11.3 Å². The number of oxime groups is 1. The van der Waals surface area contributed by atoms with Gasteiger partial charge >= 0.3 is 0 Å². The monoisotopic (exact) mass is 298 g/mol. The fourth-order valence-corrected chi connectivity index (χ4v) is 2.82. The molecule has 0 saturated carbocycles. The van der Waals surface area contributed by atoms with E-state index in [0.29, 0.717) is 19.4 Å². The largest absolute Gasteiger partial charge is 0.409 e. The van der Waals surface area contributed by atoms with E-state index in [1.807, 2.05) is 26.2 Å². The van der Waals surface area contributed by atoms with Crippen molar-refractivity contribution in [3.8, 4) is 0 Å². The molecule has 0 radical (unpaired) electrons. The second-order valence-electron chi connectivity index (χ2n) is 4.76. The normalized spacial score (nSPS) is 14.1. The Morgan fingerprint density at radius 2 is 2.25 bits per heavy atom. The molecule has 0 saturated heterocycles. The minimum absolute atomic E-state index is 0.0399. The molecule has 0 aliphatic carbocycles. The second-order valence-corrected chi connectivity index (χ2v) is 5.68. The van der Waals surface area contributed by atoms with Crippen molar-refractivity contribution in [1.82, 2.24) is 10.3 Å². The zero-order valence-corrected chi connectivity index (χ0v) is 12.9. The Morgan fingerprint density at radius 3 is 2.70 bits per heavy atom. The van der Waals surface area contributed by atoms with Crippen LogP contribution in [-0.4, -0.2) is 28.5 Å². The molecule has 112 valence electrons. The van der Waals surface area contributed by atoms with Crippen LogP contribution in [0.25, 0.3) is 0 Å². The van der Waals surface area contributed by atoms with Crippen LogP contribution in [0.4, 0.5) is 0 Å². The smallest absolute Gasteiger partial charge is 0.233 e. The SMILES string of the molecule is CCC(CC)(C(=O)NCC(C)c1nccs1)/C(N)=N/O. The minimum atomic E-state index is -0.947. The van der Waals surface area contributed by atoms with Crippen molar-refractivity contribution in [3.63, 3.8) is 0 Å². The lowest BCUT2D eigenvalue weighted by Crippen LogP contribution is -2.49.